The predicted octanol–water partition coefficient (Wildman–Crippen LogP) is 3.90. The van der Waals surface area contributed by atoms with Gasteiger partial charge in [0.1, 0.15) is 5.82 Å². The Morgan fingerprint density at radius 2 is 1.79 bits per heavy atom. The molecule has 2 aromatic rings. The fourth-order valence-corrected chi connectivity index (χ4v) is 5.41. The van der Waals surface area contributed by atoms with E-state index in [4.69, 9.17) is 9.47 Å². The van der Waals surface area contributed by atoms with Crippen molar-refractivity contribution in [3.8, 4) is 11.5 Å². The monoisotopic (exact) mass is 478 g/mol. The molecule has 2 unspecified atom stereocenters. The second-order valence-electron chi connectivity index (χ2n) is 7.96. The number of ether oxygens (including phenoxy) is 2. The maximum Gasteiger partial charge on any atom is 0.243 e. The molecular formula is C24H31FN2O5S. The molecular weight excluding hydrogens is 447 g/mol. The minimum Gasteiger partial charge on any atom is -0.490 e. The van der Waals surface area contributed by atoms with Crippen molar-refractivity contribution in [2.24, 2.45) is 5.92 Å². The molecule has 7 nitrogen and oxygen atoms in total. The normalized spacial score (nSPS) is 17.9. The van der Waals surface area contributed by atoms with Crippen LogP contribution in [0.2, 0.25) is 0 Å². The van der Waals surface area contributed by atoms with Gasteiger partial charge in [0.25, 0.3) is 0 Å². The Morgan fingerprint density at radius 3 is 2.45 bits per heavy atom. The summed E-state index contributed by atoms with van der Waals surface area (Å²) in [6, 6.07) is 10.00. The number of rotatable bonds is 9. The summed E-state index contributed by atoms with van der Waals surface area (Å²) in [4.78, 5) is 13.0. The van der Waals surface area contributed by atoms with Crippen LogP contribution in [0.4, 0.5) is 4.39 Å². The van der Waals surface area contributed by atoms with Gasteiger partial charge in [0.05, 0.1) is 30.1 Å². The lowest BCUT2D eigenvalue weighted by Gasteiger charge is -2.32. The highest BCUT2D eigenvalue weighted by molar-refractivity contribution is 7.89. The molecule has 1 aliphatic rings. The van der Waals surface area contributed by atoms with Gasteiger partial charge in [0.2, 0.25) is 15.9 Å². The number of carbonyl (C=O) groups is 1. The summed E-state index contributed by atoms with van der Waals surface area (Å²) in [5.74, 6) is 0.0992. The average Bonchev–Trinajstić information content (AvgIpc) is 2.81. The van der Waals surface area contributed by atoms with Crippen LogP contribution in [0.15, 0.2) is 47.4 Å². The Balaban J connectivity index is 1.68. The Hall–Kier alpha value is -2.65. The van der Waals surface area contributed by atoms with Gasteiger partial charge in [-0.15, -0.1) is 0 Å². The molecule has 1 amide bonds. The van der Waals surface area contributed by atoms with Gasteiger partial charge in [-0.05, 0) is 75.6 Å². The van der Waals surface area contributed by atoms with Crippen LogP contribution in [0.25, 0.3) is 0 Å². The fraction of sp³-hybridized carbons (Fsp3) is 0.458. The van der Waals surface area contributed by atoms with Crippen molar-refractivity contribution in [3.05, 3.63) is 53.8 Å². The van der Waals surface area contributed by atoms with Crippen molar-refractivity contribution in [2.75, 3.05) is 26.3 Å². The van der Waals surface area contributed by atoms with E-state index in [1.165, 1.54) is 16.4 Å². The topological polar surface area (TPSA) is 84.9 Å². The van der Waals surface area contributed by atoms with Crippen molar-refractivity contribution in [1.29, 1.82) is 0 Å². The molecule has 1 N–H and O–H groups in total. The van der Waals surface area contributed by atoms with Gasteiger partial charge in [0.15, 0.2) is 11.5 Å². The van der Waals surface area contributed by atoms with E-state index in [1.54, 1.807) is 0 Å². The Bertz CT molecular complexity index is 1060. The van der Waals surface area contributed by atoms with Gasteiger partial charge in [-0.3, -0.25) is 4.79 Å². The molecule has 0 saturated carbocycles. The minimum absolute atomic E-state index is 0.0242. The molecule has 2 atom stereocenters. The molecule has 0 radical (unpaired) electrons. The first-order valence-electron chi connectivity index (χ1n) is 11.2. The standard InChI is InChI=1S/C24H31FN2O5S/c1-4-31-22-13-8-18(15-23(22)32-5-2)17(3)26-24(28)19-7-6-14-27(16-19)33(29,30)21-11-9-20(25)10-12-21/h8-13,15,17,19H,4-7,14,16H2,1-3H3,(H,26,28). The van der Waals surface area contributed by atoms with E-state index in [0.29, 0.717) is 44.1 Å². The van der Waals surface area contributed by atoms with Gasteiger partial charge in [0, 0.05) is 13.1 Å². The number of hydrogen-bond donors (Lipinski definition) is 1. The Labute approximate surface area is 194 Å². The maximum atomic E-state index is 13.2. The number of nitrogens with one attached hydrogen (secondary N) is 1. The first-order valence-corrected chi connectivity index (χ1v) is 12.7. The molecule has 1 saturated heterocycles. The van der Waals surface area contributed by atoms with Crippen LogP contribution >= 0.6 is 0 Å². The molecule has 9 heteroatoms. The van der Waals surface area contributed by atoms with Crippen LogP contribution in [0.5, 0.6) is 11.5 Å². The third kappa shape index (κ3) is 6.03. The fourth-order valence-electron chi connectivity index (χ4n) is 3.88. The van der Waals surface area contributed by atoms with E-state index in [9.17, 15) is 17.6 Å². The lowest BCUT2D eigenvalue weighted by atomic mass is 9.98. The molecule has 1 heterocycles. The van der Waals surface area contributed by atoms with E-state index < -0.39 is 21.8 Å². The van der Waals surface area contributed by atoms with Crippen LogP contribution in [0, 0.1) is 11.7 Å². The Kier molecular flexibility index (Phi) is 8.31. The summed E-state index contributed by atoms with van der Waals surface area (Å²) < 4.78 is 51.6. The van der Waals surface area contributed by atoms with E-state index in [2.05, 4.69) is 5.32 Å². The lowest BCUT2D eigenvalue weighted by molar-refractivity contribution is -0.126. The highest BCUT2D eigenvalue weighted by Gasteiger charge is 2.33. The first-order chi connectivity index (χ1) is 15.8. The molecule has 0 aliphatic carbocycles. The van der Waals surface area contributed by atoms with E-state index >= 15 is 0 Å². The quantitative estimate of drug-likeness (QED) is 0.591. The van der Waals surface area contributed by atoms with Crippen LogP contribution in [0.3, 0.4) is 0 Å². The van der Waals surface area contributed by atoms with Gasteiger partial charge >= 0.3 is 0 Å². The third-order valence-electron chi connectivity index (χ3n) is 5.63. The molecule has 0 spiro atoms. The van der Waals surface area contributed by atoms with Crippen molar-refractivity contribution < 1.29 is 27.1 Å². The third-order valence-corrected chi connectivity index (χ3v) is 7.51. The second kappa shape index (κ2) is 11.0. The summed E-state index contributed by atoms with van der Waals surface area (Å²) in [7, 11) is -3.79. The summed E-state index contributed by atoms with van der Waals surface area (Å²) in [5.41, 5.74) is 0.863. The minimum atomic E-state index is -3.79. The van der Waals surface area contributed by atoms with Gasteiger partial charge in [-0.1, -0.05) is 6.07 Å². The zero-order valence-corrected chi connectivity index (χ0v) is 20.0. The largest absolute Gasteiger partial charge is 0.490 e. The van der Waals surface area contributed by atoms with E-state index in [1.807, 2.05) is 39.0 Å². The molecule has 2 aromatic carbocycles. The predicted molar refractivity (Wildman–Crippen MR) is 123 cm³/mol. The number of benzene rings is 2. The smallest absolute Gasteiger partial charge is 0.243 e. The van der Waals surface area contributed by atoms with Crippen LogP contribution in [-0.4, -0.2) is 44.9 Å². The molecule has 0 aromatic heterocycles. The molecule has 0 bridgehead atoms. The van der Waals surface area contributed by atoms with Crippen molar-refractivity contribution in [3.63, 3.8) is 0 Å². The average molecular weight is 479 g/mol. The van der Waals surface area contributed by atoms with Crippen molar-refractivity contribution in [2.45, 2.75) is 44.6 Å². The number of amides is 1. The number of hydrogen-bond acceptors (Lipinski definition) is 5. The maximum absolute atomic E-state index is 13.2. The summed E-state index contributed by atoms with van der Waals surface area (Å²) in [5, 5.41) is 3.00. The number of carbonyl (C=O) groups excluding carboxylic acids is 1. The number of halogens is 1. The van der Waals surface area contributed by atoms with E-state index in [0.717, 1.165) is 17.7 Å². The lowest BCUT2D eigenvalue weighted by Crippen LogP contribution is -2.45. The SMILES string of the molecule is CCOc1ccc(C(C)NC(=O)C2CCCN(S(=O)(=O)c3ccc(F)cc3)C2)cc1OCC. The van der Waals surface area contributed by atoms with Crippen molar-refractivity contribution >= 4 is 15.9 Å². The molecule has 33 heavy (non-hydrogen) atoms. The molecule has 3 rings (SSSR count). The summed E-state index contributed by atoms with van der Waals surface area (Å²) in [6.45, 7) is 7.09. The van der Waals surface area contributed by atoms with Crippen molar-refractivity contribution in [1.82, 2.24) is 9.62 Å². The molecule has 1 aliphatic heterocycles. The number of sulfonamides is 1. The highest BCUT2D eigenvalue weighted by Crippen LogP contribution is 2.31. The van der Waals surface area contributed by atoms with Gasteiger partial charge in [-0.2, -0.15) is 4.31 Å². The van der Waals surface area contributed by atoms with Crippen LogP contribution in [-0.2, 0) is 14.8 Å². The zero-order chi connectivity index (χ0) is 24.0. The summed E-state index contributed by atoms with van der Waals surface area (Å²) >= 11 is 0. The zero-order valence-electron chi connectivity index (χ0n) is 19.2. The van der Waals surface area contributed by atoms with Gasteiger partial charge < -0.3 is 14.8 Å². The van der Waals surface area contributed by atoms with Crippen LogP contribution < -0.4 is 14.8 Å². The van der Waals surface area contributed by atoms with Gasteiger partial charge in [-0.25, -0.2) is 12.8 Å². The second-order valence-corrected chi connectivity index (χ2v) is 9.90. The Morgan fingerprint density at radius 1 is 1.12 bits per heavy atom. The number of piperidine rings is 1. The summed E-state index contributed by atoms with van der Waals surface area (Å²) in [6.07, 6.45) is 1.17. The number of nitrogens with zero attached hydrogens (tertiary/aromatic N) is 1. The highest BCUT2D eigenvalue weighted by atomic mass is 32.2. The molecule has 180 valence electrons. The first kappa shape index (κ1) is 25.0. The van der Waals surface area contributed by atoms with E-state index in [-0.39, 0.29) is 23.4 Å². The van der Waals surface area contributed by atoms with Crippen LogP contribution in [0.1, 0.15) is 45.2 Å². The molecule has 1 fully saturated rings.